The number of likely N-dealkylation sites (tertiary alicyclic amines) is 1. The third-order valence-electron chi connectivity index (χ3n) is 10.4. The number of primary amides is 1. The number of pyridine rings is 1. The van der Waals surface area contributed by atoms with E-state index in [1.807, 2.05) is 66.1 Å². The van der Waals surface area contributed by atoms with Crippen LogP contribution in [0.5, 0.6) is 11.6 Å². The minimum atomic E-state index is -3.53. The van der Waals surface area contributed by atoms with Gasteiger partial charge < -0.3 is 25.4 Å². The van der Waals surface area contributed by atoms with Crippen LogP contribution in [0.15, 0.2) is 78.3 Å². The van der Waals surface area contributed by atoms with E-state index in [1.165, 1.54) is 16.2 Å². The quantitative estimate of drug-likeness (QED) is 0.0869. The van der Waals surface area contributed by atoms with Gasteiger partial charge in [0, 0.05) is 34.9 Å². The maximum Gasteiger partial charge on any atom is 0.245 e. The number of unbranched alkanes of at least 4 members (excludes halogenated alkanes) is 3. The number of rotatable bonds is 18. The molecule has 0 unspecified atom stereocenters. The number of allylic oxidation sites excluding steroid dienone is 2. The number of carbonyl (C=O) groups is 3. The second-order valence-corrected chi connectivity index (χ2v) is 17.3. The van der Waals surface area contributed by atoms with Crippen LogP contribution >= 0.6 is 11.3 Å². The van der Waals surface area contributed by atoms with Crippen LogP contribution in [0.4, 0.5) is 5.13 Å². The van der Waals surface area contributed by atoms with E-state index in [0.717, 1.165) is 47.7 Å². The van der Waals surface area contributed by atoms with Gasteiger partial charge >= 0.3 is 0 Å². The minimum absolute atomic E-state index is 0.0612. The van der Waals surface area contributed by atoms with E-state index < -0.39 is 45.3 Å². The highest BCUT2D eigenvalue weighted by Crippen LogP contribution is 2.41. The van der Waals surface area contributed by atoms with Crippen molar-refractivity contribution < 1.29 is 32.3 Å². The van der Waals surface area contributed by atoms with Crippen LogP contribution in [0.3, 0.4) is 0 Å². The smallest absolute Gasteiger partial charge is 0.245 e. The van der Waals surface area contributed by atoms with Gasteiger partial charge in [0.2, 0.25) is 33.6 Å². The number of benzene rings is 2. The maximum absolute atomic E-state index is 14.3. The zero-order valence-corrected chi connectivity index (χ0v) is 32.3. The van der Waals surface area contributed by atoms with E-state index in [1.54, 1.807) is 13.3 Å². The van der Waals surface area contributed by atoms with Crippen molar-refractivity contribution in [1.82, 2.24) is 19.6 Å². The second-order valence-electron chi connectivity index (χ2n) is 14.5. The van der Waals surface area contributed by atoms with Crippen LogP contribution in [-0.4, -0.2) is 78.1 Å². The molecule has 0 bridgehead atoms. The number of sulfonamides is 1. The molecule has 4 aromatic rings. The predicted octanol–water partition coefficient (Wildman–Crippen LogP) is 5.43. The third-order valence-corrected chi connectivity index (χ3v) is 13.0. The Bertz CT molecular complexity index is 2160. The zero-order valence-electron chi connectivity index (χ0n) is 30.6. The average molecular weight is 787 g/mol. The highest BCUT2D eigenvalue weighted by molar-refractivity contribution is 7.90. The van der Waals surface area contributed by atoms with Gasteiger partial charge in [-0.1, -0.05) is 55.3 Å². The van der Waals surface area contributed by atoms with Crippen molar-refractivity contribution in [3.05, 3.63) is 78.3 Å². The molecule has 4 N–H and O–H groups in total. The molecule has 1 aliphatic heterocycles. The molecular weight excluding hydrogens is 741 g/mol. The number of fused-ring (bicyclic) bond motifs is 1. The minimum Gasteiger partial charge on any atom is -0.497 e. The van der Waals surface area contributed by atoms with Gasteiger partial charge in [-0.2, -0.15) is 0 Å². The fraction of sp³-hybridized carbons (Fsp3) is 0.425. The number of hydrogen-bond acceptors (Lipinski definition) is 11. The molecule has 13 nitrogen and oxygen atoms in total. The van der Waals surface area contributed by atoms with Crippen LogP contribution in [-0.2, 0) is 24.4 Å². The molecule has 2 aromatic carbocycles. The summed E-state index contributed by atoms with van der Waals surface area (Å²) in [6, 6.07) is 15.8. The Kier molecular flexibility index (Phi) is 11.7. The van der Waals surface area contributed by atoms with Crippen molar-refractivity contribution >= 4 is 55.0 Å². The van der Waals surface area contributed by atoms with Gasteiger partial charge in [0.1, 0.15) is 23.9 Å². The van der Waals surface area contributed by atoms with Gasteiger partial charge in [-0.3, -0.25) is 19.1 Å². The molecule has 3 heterocycles. The van der Waals surface area contributed by atoms with Gasteiger partial charge in [-0.15, -0.1) is 11.3 Å². The molecular formula is C40H46N6O7S2. The fourth-order valence-electron chi connectivity index (χ4n) is 7.06. The number of nitrogens with two attached hydrogens (primary N) is 1. The summed E-state index contributed by atoms with van der Waals surface area (Å²) in [5, 5.41) is 7.19. The Labute approximate surface area is 324 Å². The Morgan fingerprint density at radius 2 is 1.89 bits per heavy atom. The van der Waals surface area contributed by atoms with E-state index in [4.69, 9.17) is 20.2 Å². The average Bonchev–Trinajstić information content (AvgIpc) is 4.10. The Balaban J connectivity index is 0.974. The molecule has 2 saturated carbocycles. The summed E-state index contributed by atoms with van der Waals surface area (Å²) >= 11 is 1.42. The Morgan fingerprint density at radius 1 is 1.07 bits per heavy atom. The monoisotopic (exact) mass is 786 g/mol. The van der Waals surface area contributed by atoms with Gasteiger partial charge in [-0.05, 0) is 74.1 Å². The highest BCUT2D eigenvalue weighted by atomic mass is 32.2. The van der Waals surface area contributed by atoms with Crippen LogP contribution in [0, 0.1) is 11.8 Å². The van der Waals surface area contributed by atoms with Gasteiger partial charge in [0.05, 0.1) is 24.6 Å². The van der Waals surface area contributed by atoms with Crippen LogP contribution in [0.2, 0.25) is 0 Å². The van der Waals surface area contributed by atoms with Gasteiger partial charge in [0.15, 0.2) is 5.13 Å². The van der Waals surface area contributed by atoms with Crippen molar-refractivity contribution in [2.45, 2.75) is 81.2 Å². The number of carbonyl (C=O) groups excluding carboxylic acids is 3. The van der Waals surface area contributed by atoms with Gasteiger partial charge in [-0.25, -0.2) is 18.4 Å². The highest BCUT2D eigenvalue weighted by Gasteiger charge is 2.45. The molecule has 3 amide bonds. The third kappa shape index (κ3) is 9.45. The second kappa shape index (κ2) is 16.8. The van der Waals surface area contributed by atoms with E-state index in [0.29, 0.717) is 42.4 Å². The van der Waals surface area contributed by atoms with E-state index in [2.05, 4.69) is 21.1 Å². The Hall–Kier alpha value is -5.02. The van der Waals surface area contributed by atoms with Crippen LogP contribution in [0.1, 0.15) is 57.8 Å². The lowest BCUT2D eigenvalue weighted by Gasteiger charge is -2.27. The topological polar surface area (TPSA) is 183 Å². The summed E-state index contributed by atoms with van der Waals surface area (Å²) in [6.07, 6.45) is 11.1. The lowest BCUT2D eigenvalue weighted by atomic mass is 10.0. The molecule has 2 aliphatic carbocycles. The SMILES string of the molecule is COc1ccc2c(O[C@@H]3C[C@@H](C(N)=O)N(C(=O)[C@H](CCCCC/C=C\[C@@H]4C[C@@H]4C(=O)NS(=O)(=O)C4CC4)Nc4nc(-c5ccccc5)cs4)C3)nccc2c1. The first-order chi connectivity index (χ1) is 26.6. The summed E-state index contributed by atoms with van der Waals surface area (Å²) in [5.74, 6) is -0.356. The number of thiazole rings is 1. The van der Waals surface area contributed by atoms with Crippen LogP contribution in [0.25, 0.3) is 22.0 Å². The lowest BCUT2D eigenvalue weighted by Crippen LogP contribution is -2.49. The number of ether oxygens (including phenoxy) is 2. The van der Waals surface area contributed by atoms with E-state index in [-0.39, 0.29) is 30.7 Å². The summed E-state index contributed by atoms with van der Waals surface area (Å²) in [5.41, 5.74) is 7.65. The van der Waals surface area contributed by atoms with Crippen molar-refractivity contribution in [1.29, 1.82) is 0 Å². The number of methoxy groups -OCH3 is 1. The zero-order chi connectivity index (χ0) is 38.5. The van der Waals surface area contributed by atoms with Crippen molar-refractivity contribution in [3.63, 3.8) is 0 Å². The number of nitrogens with one attached hydrogen (secondary N) is 2. The standard InChI is InChI=1S/C40H46N6O7S2/c1-52-28-14-17-31-27(20-28)18-19-42-38(31)53-29-22-35(36(41)47)46(23-29)39(49)33(43-40-44-34(24-54-40)25-10-7-5-8-11-25)13-9-4-2-3-6-12-26-21-32(26)37(48)45-55(50,51)30-15-16-30/h5-8,10-12,14,17-20,24,26,29-30,32-33,35H,2-4,9,13,15-16,21-23H2,1H3,(H2,41,47)(H,43,44)(H,45,48)/b12-6-/t26-,29-,32+,33+,35+/m1/s1. The predicted molar refractivity (Wildman–Crippen MR) is 211 cm³/mol. The van der Waals surface area contributed by atoms with Crippen LogP contribution < -0.4 is 25.2 Å². The molecule has 3 fully saturated rings. The number of hydrogen-bond donors (Lipinski definition) is 3. The summed E-state index contributed by atoms with van der Waals surface area (Å²) in [7, 11) is -1.92. The number of amides is 3. The molecule has 7 rings (SSSR count). The number of anilines is 1. The molecule has 15 heteroatoms. The number of nitrogens with zero attached hydrogens (tertiary/aromatic N) is 3. The first-order valence-corrected chi connectivity index (χ1v) is 21.2. The summed E-state index contributed by atoms with van der Waals surface area (Å²) in [6.45, 7) is 0.170. The Morgan fingerprint density at radius 3 is 2.65 bits per heavy atom. The van der Waals surface area contributed by atoms with E-state index in [9.17, 15) is 22.8 Å². The molecule has 3 aliphatic rings. The van der Waals surface area contributed by atoms with Crippen molar-refractivity contribution in [2.24, 2.45) is 17.6 Å². The van der Waals surface area contributed by atoms with Gasteiger partial charge in [0.25, 0.3) is 0 Å². The fourth-order valence-corrected chi connectivity index (χ4v) is 9.18. The lowest BCUT2D eigenvalue weighted by molar-refractivity contribution is -0.138. The molecule has 0 spiro atoms. The molecule has 0 radical (unpaired) electrons. The largest absolute Gasteiger partial charge is 0.497 e. The van der Waals surface area contributed by atoms with Crippen molar-refractivity contribution in [3.8, 4) is 22.9 Å². The maximum atomic E-state index is 14.3. The first-order valence-electron chi connectivity index (χ1n) is 18.8. The summed E-state index contributed by atoms with van der Waals surface area (Å²) in [4.78, 5) is 50.2. The summed E-state index contributed by atoms with van der Waals surface area (Å²) < 4.78 is 38.2. The first kappa shape index (κ1) is 38.3. The van der Waals surface area contributed by atoms with E-state index >= 15 is 0 Å². The molecule has 2 aromatic heterocycles. The molecule has 55 heavy (non-hydrogen) atoms. The number of aromatic nitrogens is 2. The van der Waals surface area contributed by atoms with Crippen molar-refractivity contribution in [2.75, 3.05) is 19.0 Å². The molecule has 290 valence electrons. The normalized spacial score (nSPS) is 21.4. The molecule has 1 saturated heterocycles. The molecule has 5 atom stereocenters.